The van der Waals surface area contributed by atoms with Gasteiger partial charge >= 0.3 is 0 Å². The molecule has 78 valence electrons. The Morgan fingerprint density at radius 2 is 2.00 bits per heavy atom. The average molecular weight is 200 g/mol. The minimum Gasteiger partial charge on any atom is -0.224 e. The van der Waals surface area contributed by atoms with E-state index in [4.69, 9.17) is 0 Å². The van der Waals surface area contributed by atoms with E-state index in [1.165, 1.54) is 30.8 Å². The molecule has 0 rings (SSSR count). The zero-order valence-corrected chi connectivity index (χ0v) is 10.2. The monoisotopic (exact) mass is 200 g/mol. The second-order valence-corrected chi connectivity index (χ2v) is 7.45. The van der Waals surface area contributed by atoms with Crippen molar-refractivity contribution in [1.29, 1.82) is 0 Å². The van der Waals surface area contributed by atoms with E-state index in [0.29, 0.717) is 0 Å². The van der Waals surface area contributed by atoms with Gasteiger partial charge in [-0.2, -0.15) is 0 Å². The van der Waals surface area contributed by atoms with Crippen LogP contribution in [0.3, 0.4) is 0 Å². The number of hydrogen-bond acceptors (Lipinski definition) is 0. The summed E-state index contributed by atoms with van der Waals surface area (Å²) in [6.45, 7) is 8.18. The van der Waals surface area contributed by atoms with Crippen LogP contribution in [0.25, 0.3) is 0 Å². The second-order valence-electron chi connectivity index (χ2n) is 3.66. The summed E-state index contributed by atoms with van der Waals surface area (Å²) in [6.07, 6.45) is 10.5. The summed E-state index contributed by atoms with van der Waals surface area (Å²) in [5.74, 6) is 2.76. The predicted molar refractivity (Wildman–Crippen MR) is 67.8 cm³/mol. The fraction of sp³-hybridized carbons (Fsp3) is 0.667. The molecule has 1 heteroatoms. The van der Waals surface area contributed by atoms with E-state index in [2.05, 4.69) is 38.2 Å². The molecule has 0 aromatic heterocycles. The van der Waals surface area contributed by atoms with Gasteiger partial charge in [0.2, 0.25) is 0 Å². The molecule has 0 bridgehead atoms. The zero-order chi connectivity index (χ0) is 10.2. The first kappa shape index (κ1) is 12.8. The van der Waals surface area contributed by atoms with Crippen LogP contribution in [0, 0.1) is 0 Å². The highest BCUT2D eigenvalue weighted by Crippen LogP contribution is 2.46. The highest BCUT2D eigenvalue weighted by molar-refractivity contribution is 8.35. The highest BCUT2D eigenvalue weighted by atomic mass is 32.3. The Labute approximate surface area is 85.4 Å². The topological polar surface area (TPSA) is 0 Å². The quantitative estimate of drug-likeness (QED) is 0.424. The SMILES string of the molecule is C=CCCCS(C)(/C=C/C)CCC. The van der Waals surface area contributed by atoms with Crippen LogP contribution >= 0.6 is 10.0 Å². The zero-order valence-electron chi connectivity index (χ0n) is 9.38. The Balaban J connectivity index is 3.98. The molecule has 0 heterocycles. The first-order valence-corrected chi connectivity index (χ1v) is 7.60. The van der Waals surface area contributed by atoms with Crippen LogP contribution in [0.1, 0.15) is 33.1 Å². The Morgan fingerprint density at radius 3 is 2.46 bits per heavy atom. The lowest BCUT2D eigenvalue weighted by Crippen LogP contribution is -2.04. The van der Waals surface area contributed by atoms with Gasteiger partial charge in [0.1, 0.15) is 0 Å². The molecule has 0 radical (unpaired) electrons. The molecule has 0 saturated carbocycles. The van der Waals surface area contributed by atoms with Crippen molar-refractivity contribution in [3.05, 3.63) is 24.1 Å². The maximum absolute atomic E-state index is 3.76. The van der Waals surface area contributed by atoms with Crippen molar-refractivity contribution in [2.24, 2.45) is 0 Å². The second kappa shape index (κ2) is 7.25. The molecule has 0 aliphatic heterocycles. The minimum absolute atomic E-state index is 0.440. The largest absolute Gasteiger partial charge is 0.224 e. The molecule has 0 spiro atoms. The molecule has 0 aliphatic rings. The first-order chi connectivity index (χ1) is 6.18. The highest BCUT2D eigenvalue weighted by Gasteiger charge is 2.11. The maximum atomic E-state index is 3.76. The standard InChI is InChI=1S/C12H24S/c1-5-8-9-12-13(4,10-6-2)11-7-3/h5-6,10H,1,7-9,11-12H2,2-4H3/b10-6+. The van der Waals surface area contributed by atoms with Crippen LogP contribution in [-0.2, 0) is 0 Å². The molecule has 0 aliphatic carbocycles. The van der Waals surface area contributed by atoms with Gasteiger partial charge in [-0.05, 0) is 43.9 Å². The Morgan fingerprint density at radius 1 is 1.31 bits per heavy atom. The van der Waals surface area contributed by atoms with Gasteiger partial charge < -0.3 is 0 Å². The van der Waals surface area contributed by atoms with Crippen LogP contribution in [0.4, 0.5) is 0 Å². The minimum atomic E-state index is -0.440. The van der Waals surface area contributed by atoms with Crippen molar-refractivity contribution >= 4 is 10.0 Å². The van der Waals surface area contributed by atoms with E-state index in [9.17, 15) is 0 Å². The third-order valence-electron chi connectivity index (χ3n) is 2.15. The van der Waals surface area contributed by atoms with Gasteiger partial charge in [-0.1, -0.05) is 24.5 Å². The van der Waals surface area contributed by atoms with E-state index in [-0.39, 0.29) is 0 Å². The lowest BCUT2D eigenvalue weighted by Gasteiger charge is -2.32. The van der Waals surface area contributed by atoms with Gasteiger partial charge in [-0.15, -0.1) is 6.58 Å². The van der Waals surface area contributed by atoms with Gasteiger partial charge in [0.05, 0.1) is 0 Å². The van der Waals surface area contributed by atoms with Crippen LogP contribution in [0.15, 0.2) is 24.1 Å². The summed E-state index contributed by atoms with van der Waals surface area (Å²) in [6, 6.07) is 0. The summed E-state index contributed by atoms with van der Waals surface area (Å²) in [7, 11) is -0.440. The molecule has 0 fully saturated rings. The van der Waals surface area contributed by atoms with Crippen LogP contribution < -0.4 is 0 Å². The van der Waals surface area contributed by atoms with Gasteiger partial charge in [0.25, 0.3) is 0 Å². The number of hydrogen-bond donors (Lipinski definition) is 0. The lowest BCUT2D eigenvalue weighted by atomic mass is 10.3. The summed E-state index contributed by atoms with van der Waals surface area (Å²) < 4.78 is 0. The number of rotatable bonds is 7. The summed E-state index contributed by atoms with van der Waals surface area (Å²) in [5, 5.41) is 2.44. The Kier molecular flexibility index (Phi) is 7.16. The molecule has 0 amide bonds. The van der Waals surface area contributed by atoms with Crippen LogP contribution in [0.5, 0.6) is 0 Å². The molecule has 1 atom stereocenters. The summed E-state index contributed by atoms with van der Waals surface area (Å²) in [5.41, 5.74) is 0. The van der Waals surface area contributed by atoms with E-state index in [1.54, 1.807) is 0 Å². The third kappa shape index (κ3) is 5.98. The predicted octanol–water partition coefficient (Wildman–Crippen LogP) is 4.33. The molecule has 0 nitrogen and oxygen atoms in total. The normalized spacial score (nSPS) is 18.4. The van der Waals surface area contributed by atoms with Gasteiger partial charge in [-0.25, -0.2) is 10.0 Å². The smallest absolute Gasteiger partial charge is 0.0193 e. The molecule has 1 unspecified atom stereocenters. The van der Waals surface area contributed by atoms with Crippen molar-refractivity contribution < 1.29 is 0 Å². The average Bonchev–Trinajstić information content (AvgIpc) is 2.05. The first-order valence-electron chi connectivity index (χ1n) is 5.16. The van der Waals surface area contributed by atoms with E-state index >= 15 is 0 Å². The molecule has 0 N–H and O–H groups in total. The summed E-state index contributed by atoms with van der Waals surface area (Å²) in [4.78, 5) is 0. The molecular weight excluding hydrogens is 176 g/mol. The van der Waals surface area contributed by atoms with Gasteiger partial charge in [0.15, 0.2) is 0 Å². The van der Waals surface area contributed by atoms with Crippen molar-refractivity contribution in [3.8, 4) is 0 Å². The maximum Gasteiger partial charge on any atom is -0.0193 e. The van der Waals surface area contributed by atoms with E-state index in [0.717, 1.165) is 0 Å². The van der Waals surface area contributed by atoms with Gasteiger partial charge in [-0.3, -0.25) is 0 Å². The number of allylic oxidation sites excluding steroid dienone is 2. The van der Waals surface area contributed by atoms with E-state index < -0.39 is 10.0 Å². The number of unbranched alkanes of at least 4 members (excludes halogenated alkanes) is 1. The van der Waals surface area contributed by atoms with Crippen LogP contribution in [0.2, 0.25) is 0 Å². The van der Waals surface area contributed by atoms with Crippen LogP contribution in [-0.4, -0.2) is 17.8 Å². The Bertz CT molecular complexity index is 161. The Hall–Kier alpha value is -0.170. The fourth-order valence-electron chi connectivity index (χ4n) is 1.59. The van der Waals surface area contributed by atoms with Crippen molar-refractivity contribution in [2.45, 2.75) is 33.1 Å². The van der Waals surface area contributed by atoms with Gasteiger partial charge in [0, 0.05) is 0 Å². The van der Waals surface area contributed by atoms with Crippen molar-refractivity contribution in [2.75, 3.05) is 17.8 Å². The molecule has 0 aromatic carbocycles. The van der Waals surface area contributed by atoms with E-state index in [1.807, 2.05) is 6.08 Å². The van der Waals surface area contributed by atoms with Crippen molar-refractivity contribution in [1.82, 2.24) is 0 Å². The summed E-state index contributed by atoms with van der Waals surface area (Å²) >= 11 is 0. The fourth-order valence-corrected chi connectivity index (χ4v) is 4.48. The lowest BCUT2D eigenvalue weighted by molar-refractivity contribution is 0.963. The molecular formula is C12H24S. The molecule has 0 saturated heterocycles. The molecule has 0 aromatic rings. The van der Waals surface area contributed by atoms with Crippen molar-refractivity contribution in [3.63, 3.8) is 0 Å². The molecule has 13 heavy (non-hydrogen) atoms. The third-order valence-corrected chi connectivity index (χ3v) is 5.65.